The lowest BCUT2D eigenvalue weighted by Gasteiger charge is -2.08. The van der Waals surface area contributed by atoms with Crippen LogP contribution in [0.2, 0.25) is 0 Å². The summed E-state index contributed by atoms with van der Waals surface area (Å²) >= 11 is 0. The van der Waals surface area contributed by atoms with Crippen molar-refractivity contribution in [2.24, 2.45) is 0 Å². The van der Waals surface area contributed by atoms with Gasteiger partial charge in [-0.3, -0.25) is 9.59 Å². The first-order valence-corrected chi connectivity index (χ1v) is 9.28. The van der Waals surface area contributed by atoms with Crippen molar-refractivity contribution in [3.05, 3.63) is 24.3 Å². The molecule has 0 saturated carbocycles. The van der Waals surface area contributed by atoms with Crippen molar-refractivity contribution >= 4 is 17.6 Å². The summed E-state index contributed by atoms with van der Waals surface area (Å²) in [6, 6.07) is 7.19. The summed E-state index contributed by atoms with van der Waals surface area (Å²) < 4.78 is 21.7. The van der Waals surface area contributed by atoms with Crippen LogP contribution >= 0.6 is 0 Å². The third-order valence-corrected chi connectivity index (χ3v) is 3.47. The average molecular weight is 398 g/mol. The predicted molar refractivity (Wildman–Crippen MR) is 103 cm³/mol. The van der Waals surface area contributed by atoms with Crippen molar-refractivity contribution in [1.82, 2.24) is 5.32 Å². The average Bonchev–Trinajstić information content (AvgIpc) is 2.68. The number of nitrogen functional groups attached to an aromatic ring is 1. The number of amides is 1. The minimum Gasteiger partial charge on any atom is -0.491 e. The largest absolute Gasteiger partial charge is 0.491 e. The van der Waals surface area contributed by atoms with Crippen molar-refractivity contribution in [3.63, 3.8) is 0 Å². The summed E-state index contributed by atoms with van der Waals surface area (Å²) in [6.45, 7) is 3.79. The molecule has 28 heavy (non-hydrogen) atoms. The van der Waals surface area contributed by atoms with Gasteiger partial charge < -0.3 is 35.1 Å². The quantitative estimate of drug-likeness (QED) is 0.262. The molecule has 0 heterocycles. The molecule has 1 aromatic rings. The molecule has 9 nitrogen and oxygen atoms in total. The number of nitrogens with one attached hydrogen (secondary N) is 1. The van der Waals surface area contributed by atoms with Crippen molar-refractivity contribution in [1.29, 1.82) is 0 Å². The predicted octanol–water partition coefficient (Wildman–Crippen LogP) is 1.07. The summed E-state index contributed by atoms with van der Waals surface area (Å²) in [5.74, 6) is -0.481. The van der Waals surface area contributed by atoms with Crippen LogP contribution in [0, 0.1) is 0 Å². The van der Waals surface area contributed by atoms with Crippen molar-refractivity contribution in [2.45, 2.75) is 19.3 Å². The third kappa shape index (κ3) is 13.8. The number of hydrogen-bond acceptors (Lipinski definition) is 7. The van der Waals surface area contributed by atoms with Gasteiger partial charge in [-0.1, -0.05) is 0 Å². The van der Waals surface area contributed by atoms with Crippen molar-refractivity contribution in [2.75, 3.05) is 58.5 Å². The van der Waals surface area contributed by atoms with E-state index in [1.807, 2.05) is 12.1 Å². The maximum atomic E-state index is 11.3. The molecule has 158 valence electrons. The number of carboxylic acid groups (broad SMARTS) is 1. The minimum atomic E-state index is -0.976. The van der Waals surface area contributed by atoms with E-state index in [-0.39, 0.29) is 18.7 Å². The summed E-state index contributed by atoms with van der Waals surface area (Å²) in [6.07, 6.45) is 0.508. The van der Waals surface area contributed by atoms with Gasteiger partial charge in [-0.2, -0.15) is 0 Å². The molecule has 0 fully saturated rings. The molecule has 0 spiro atoms. The lowest BCUT2D eigenvalue weighted by molar-refractivity contribution is -0.138. The van der Waals surface area contributed by atoms with Crippen molar-refractivity contribution < 1.29 is 33.6 Å². The highest BCUT2D eigenvalue weighted by Crippen LogP contribution is 2.12. The molecule has 1 amide bonds. The summed E-state index contributed by atoms with van der Waals surface area (Å²) in [5, 5.41) is 11.1. The Kier molecular flexibility index (Phi) is 13.3. The van der Waals surface area contributed by atoms with Gasteiger partial charge in [0.15, 0.2) is 0 Å². The zero-order valence-corrected chi connectivity index (χ0v) is 16.1. The molecule has 0 atom stereocenters. The SMILES string of the molecule is Nc1ccc(OCCOCCOCCOCCCNC(=O)CCC(=O)O)cc1. The Bertz CT molecular complexity index is 552. The van der Waals surface area contributed by atoms with E-state index >= 15 is 0 Å². The number of benzene rings is 1. The number of ether oxygens (including phenoxy) is 4. The molecule has 0 aliphatic carbocycles. The van der Waals surface area contributed by atoms with Crippen LogP contribution in [0.4, 0.5) is 5.69 Å². The topological polar surface area (TPSA) is 129 Å². The second kappa shape index (κ2) is 15.7. The summed E-state index contributed by atoms with van der Waals surface area (Å²) in [7, 11) is 0. The van der Waals surface area contributed by atoms with E-state index in [4.69, 9.17) is 29.8 Å². The Morgan fingerprint density at radius 2 is 1.43 bits per heavy atom. The lowest BCUT2D eigenvalue weighted by atomic mass is 10.3. The monoisotopic (exact) mass is 398 g/mol. The fourth-order valence-corrected chi connectivity index (χ4v) is 2.04. The maximum absolute atomic E-state index is 11.3. The first kappa shape index (κ1) is 23.7. The van der Waals surface area contributed by atoms with Crippen LogP contribution in [0.3, 0.4) is 0 Å². The Balaban J connectivity index is 1.77. The van der Waals surface area contributed by atoms with Gasteiger partial charge in [0.25, 0.3) is 0 Å². The van der Waals surface area contributed by atoms with E-state index in [2.05, 4.69) is 5.32 Å². The Morgan fingerprint density at radius 3 is 2.04 bits per heavy atom. The van der Waals surface area contributed by atoms with E-state index < -0.39 is 5.97 Å². The smallest absolute Gasteiger partial charge is 0.303 e. The van der Waals surface area contributed by atoms with Gasteiger partial charge in [0.05, 0.1) is 39.5 Å². The number of carbonyl (C=O) groups excluding carboxylic acids is 1. The number of carboxylic acids is 1. The van der Waals surface area contributed by atoms with Gasteiger partial charge >= 0.3 is 5.97 Å². The highest BCUT2D eigenvalue weighted by atomic mass is 16.6. The van der Waals surface area contributed by atoms with Gasteiger partial charge in [-0.25, -0.2) is 0 Å². The molecule has 1 rings (SSSR count). The Labute approximate surface area is 165 Å². The molecule has 0 aliphatic rings. The fourth-order valence-electron chi connectivity index (χ4n) is 2.04. The molecule has 4 N–H and O–H groups in total. The number of anilines is 1. The normalized spacial score (nSPS) is 10.6. The van der Waals surface area contributed by atoms with Crippen LogP contribution in [-0.2, 0) is 23.8 Å². The second-order valence-electron chi connectivity index (χ2n) is 5.85. The van der Waals surface area contributed by atoms with Crippen LogP contribution in [0.5, 0.6) is 5.75 Å². The summed E-state index contributed by atoms with van der Waals surface area (Å²) in [5.41, 5.74) is 6.29. The highest BCUT2D eigenvalue weighted by molar-refractivity contribution is 5.80. The Morgan fingerprint density at radius 1 is 0.857 bits per heavy atom. The first-order chi connectivity index (χ1) is 13.6. The van der Waals surface area contributed by atoms with E-state index in [1.54, 1.807) is 12.1 Å². The molecule has 0 aliphatic heterocycles. The van der Waals surface area contributed by atoms with Crippen LogP contribution < -0.4 is 15.8 Å². The maximum Gasteiger partial charge on any atom is 0.303 e. The molecule has 0 unspecified atom stereocenters. The summed E-state index contributed by atoms with van der Waals surface area (Å²) in [4.78, 5) is 21.6. The van der Waals surface area contributed by atoms with Gasteiger partial charge in [0.1, 0.15) is 12.4 Å². The molecule has 9 heteroatoms. The molecule has 0 saturated heterocycles. The molecule has 0 radical (unpaired) electrons. The first-order valence-electron chi connectivity index (χ1n) is 9.28. The molecule has 0 aromatic heterocycles. The van der Waals surface area contributed by atoms with E-state index in [0.29, 0.717) is 64.9 Å². The number of nitrogens with two attached hydrogens (primary N) is 1. The molecular formula is C19H30N2O7. The lowest BCUT2D eigenvalue weighted by Crippen LogP contribution is -2.25. The minimum absolute atomic E-state index is 0.000389. The van der Waals surface area contributed by atoms with Crippen molar-refractivity contribution in [3.8, 4) is 5.75 Å². The number of carbonyl (C=O) groups is 2. The van der Waals surface area contributed by atoms with Crippen LogP contribution in [0.1, 0.15) is 19.3 Å². The van der Waals surface area contributed by atoms with E-state index in [1.165, 1.54) is 0 Å². The van der Waals surface area contributed by atoms with Crippen LogP contribution in [-0.4, -0.2) is 69.8 Å². The van der Waals surface area contributed by atoms with E-state index in [9.17, 15) is 9.59 Å². The number of hydrogen-bond donors (Lipinski definition) is 3. The van der Waals surface area contributed by atoms with Crippen LogP contribution in [0.15, 0.2) is 24.3 Å². The number of aliphatic carboxylic acids is 1. The molecular weight excluding hydrogens is 368 g/mol. The standard InChI is InChI=1S/C19H30N2O7/c20-16-2-4-17(5-3-16)28-15-14-27-13-12-26-11-10-25-9-1-8-21-18(22)6-7-19(23)24/h2-5H,1,6-15,20H2,(H,21,22)(H,23,24). The molecule has 1 aromatic carbocycles. The number of rotatable bonds is 17. The van der Waals surface area contributed by atoms with Gasteiger partial charge in [0, 0.05) is 25.3 Å². The van der Waals surface area contributed by atoms with Gasteiger partial charge in [0.2, 0.25) is 5.91 Å². The fraction of sp³-hybridized carbons (Fsp3) is 0.579. The highest BCUT2D eigenvalue weighted by Gasteiger charge is 2.04. The Hall–Kier alpha value is -2.36. The zero-order valence-electron chi connectivity index (χ0n) is 16.1. The van der Waals surface area contributed by atoms with E-state index in [0.717, 1.165) is 5.75 Å². The third-order valence-electron chi connectivity index (χ3n) is 3.47. The molecule has 0 bridgehead atoms. The van der Waals surface area contributed by atoms with Crippen LogP contribution in [0.25, 0.3) is 0 Å². The second-order valence-corrected chi connectivity index (χ2v) is 5.85. The zero-order chi connectivity index (χ0) is 20.5. The van der Waals surface area contributed by atoms with Gasteiger partial charge in [-0.05, 0) is 30.7 Å². The van der Waals surface area contributed by atoms with Gasteiger partial charge in [-0.15, -0.1) is 0 Å².